The number of halogens is 1. The molecule has 2 heterocycles. The van der Waals surface area contributed by atoms with Crippen LogP contribution in [-0.4, -0.2) is 28.8 Å². The summed E-state index contributed by atoms with van der Waals surface area (Å²) in [5, 5.41) is 3.61. The molecule has 6 nitrogen and oxygen atoms in total. The van der Waals surface area contributed by atoms with Crippen LogP contribution in [0.5, 0.6) is 0 Å². The van der Waals surface area contributed by atoms with Crippen LogP contribution in [0.2, 0.25) is 0 Å². The molecule has 0 fully saturated rings. The molecule has 0 aliphatic carbocycles. The molecule has 2 aromatic carbocycles. The van der Waals surface area contributed by atoms with Crippen molar-refractivity contribution >= 4 is 28.3 Å². The van der Waals surface area contributed by atoms with Gasteiger partial charge in [-0.1, -0.05) is 36.4 Å². The van der Waals surface area contributed by atoms with Crippen molar-refractivity contribution in [2.45, 2.75) is 0 Å². The lowest BCUT2D eigenvalue weighted by Gasteiger charge is -2.08. The third-order valence-electron chi connectivity index (χ3n) is 4.85. The molecular formula is C25H20FN5O. The molecule has 0 radical (unpaired) electrons. The molecule has 0 saturated heterocycles. The van der Waals surface area contributed by atoms with E-state index in [2.05, 4.69) is 20.3 Å². The number of aromatic nitrogens is 2. The van der Waals surface area contributed by atoms with E-state index in [1.807, 2.05) is 36.4 Å². The monoisotopic (exact) mass is 425 g/mol. The van der Waals surface area contributed by atoms with Gasteiger partial charge in [0, 0.05) is 41.5 Å². The Bertz CT molecular complexity index is 1330. The van der Waals surface area contributed by atoms with Crippen molar-refractivity contribution < 1.29 is 9.18 Å². The Kier molecular flexibility index (Phi) is 5.98. The summed E-state index contributed by atoms with van der Waals surface area (Å²) in [7, 11) is 1.58. The van der Waals surface area contributed by atoms with Gasteiger partial charge in [0.1, 0.15) is 11.7 Å². The second-order valence-corrected chi connectivity index (χ2v) is 7.02. The molecule has 0 spiro atoms. The molecule has 1 amide bonds. The summed E-state index contributed by atoms with van der Waals surface area (Å²) in [5.74, 6) is -0.369. The number of hydrogen-bond acceptors (Lipinski definition) is 5. The fourth-order valence-electron chi connectivity index (χ4n) is 3.16. The molecule has 4 rings (SSSR count). The minimum atomic E-state index is -0.395. The third kappa shape index (κ3) is 4.67. The van der Waals surface area contributed by atoms with E-state index in [-0.39, 0.29) is 5.91 Å². The maximum Gasteiger partial charge on any atom is 0.256 e. The fourth-order valence-corrected chi connectivity index (χ4v) is 3.16. The topological polar surface area (TPSA) is 93.3 Å². The van der Waals surface area contributed by atoms with E-state index in [9.17, 15) is 9.18 Å². The number of hydrogen-bond donors (Lipinski definition) is 2. The Labute approximate surface area is 184 Å². The van der Waals surface area contributed by atoms with Crippen molar-refractivity contribution in [1.29, 1.82) is 0 Å². The Morgan fingerprint density at radius 3 is 2.53 bits per heavy atom. The van der Waals surface area contributed by atoms with Crippen LogP contribution in [0.15, 0.2) is 90.2 Å². The van der Waals surface area contributed by atoms with Crippen molar-refractivity contribution in [3.63, 3.8) is 0 Å². The Hall–Kier alpha value is -4.39. The molecule has 0 bridgehead atoms. The van der Waals surface area contributed by atoms with Crippen molar-refractivity contribution in [3.8, 4) is 11.3 Å². The first-order valence-corrected chi connectivity index (χ1v) is 9.86. The van der Waals surface area contributed by atoms with Crippen LogP contribution >= 0.6 is 0 Å². The van der Waals surface area contributed by atoms with Crippen molar-refractivity contribution in [1.82, 2.24) is 15.3 Å². The van der Waals surface area contributed by atoms with Gasteiger partial charge in [0.15, 0.2) is 0 Å². The highest BCUT2D eigenvalue weighted by Gasteiger charge is 2.10. The van der Waals surface area contributed by atoms with Crippen molar-refractivity contribution in [2.24, 2.45) is 10.7 Å². The Balaban J connectivity index is 1.54. The van der Waals surface area contributed by atoms with Gasteiger partial charge < -0.3 is 11.1 Å². The van der Waals surface area contributed by atoms with Gasteiger partial charge in [-0.3, -0.25) is 19.8 Å². The summed E-state index contributed by atoms with van der Waals surface area (Å²) in [6.07, 6.45) is 4.43. The first-order chi connectivity index (χ1) is 15.5. The number of benzene rings is 2. The number of amides is 1. The summed E-state index contributed by atoms with van der Waals surface area (Å²) in [5.41, 5.74) is 9.92. The number of fused-ring (bicyclic) bond motifs is 1. The zero-order chi connectivity index (χ0) is 22.5. The average molecular weight is 425 g/mol. The predicted octanol–water partition coefficient (Wildman–Crippen LogP) is 4.19. The van der Waals surface area contributed by atoms with Gasteiger partial charge in [0.2, 0.25) is 0 Å². The predicted molar refractivity (Wildman–Crippen MR) is 124 cm³/mol. The number of carbonyl (C=O) groups is 1. The first kappa shape index (κ1) is 20.9. The van der Waals surface area contributed by atoms with E-state index in [4.69, 9.17) is 5.73 Å². The van der Waals surface area contributed by atoms with E-state index in [0.29, 0.717) is 28.3 Å². The second kappa shape index (κ2) is 9.18. The van der Waals surface area contributed by atoms with Crippen LogP contribution in [0.1, 0.15) is 15.9 Å². The quantitative estimate of drug-likeness (QED) is 0.379. The molecule has 0 unspecified atom stereocenters. The summed E-state index contributed by atoms with van der Waals surface area (Å²) in [4.78, 5) is 25.4. The minimum absolute atomic E-state index is 0.323. The van der Waals surface area contributed by atoms with Crippen LogP contribution < -0.4 is 11.1 Å². The van der Waals surface area contributed by atoms with E-state index >= 15 is 0 Å². The summed E-state index contributed by atoms with van der Waals surface area (Å²) >= 11 is 0. The number of carbonyl (C=O) groups excluding carboxylic acids is 1. The molecule has 0 saturated carbocycles. The zero-order valence-electron chi connectivity index (χ0n) is 17.3. The Morgan fingerprint density at radius 2 is 1.81 bits per heavy atom. The largest absolute Gasteiger partial charge is 0.398 e. The first-order valence-electron chi connectivity index (χ1n) is 9.86. The number of nitrogens with zero attached hydrogens (tertiary/aromatic N) is 3. The number of pyridine rings is 2. The molecule has 2 aromatic heterocycles. The molecule has 0 atom stereocenters. The number of aliphatic imine (C=N–C) groups is 1. The van der Waals surface area contributed by atoms with Gasteiger partial charge in [-0.15, -0.1) is 0 Å². The lowest BCUT2D eigenvalue weighted by molar-refractivity contribution is 0.0977. The van der Waals surface area contributed by atoms with Gasteiger partial charge in [0.05, 0.1) is 17.4 Å². The van der Waals surface area contributed by atoms with Crippen molar-refractivity contribution in [3.05, 3.63) is 102 Å². The third-order valence-corrected chi connectivity index (χ3v) is 4.85. The van der Waals surface area contributed by atoms with Crippen LogP contribution in [0.4, 0.5) is 4.39 Å². The maximum absolute atomic E-state index is 13.1. The van der Waals surface area contributed by atoms with E-state index in [0.717, 1.165) is 16.5 Å². The van der Waals surface area contributed by atoms with Crippen LogP contribution in [-0.2, 0) is 0 Å². The summed E-state index contributed by atoms with van der Waals surface area (Å²) < 4.78 is 13.1. The SMILES string of the molecule is CN=C(C=C(N)c1ccccc1)NC(=O)c1ccc2cc(-c3ccc(F)cn3)cnc2c1. The summed E-state index contributed by atoms with van der Waals surface area (Å²) in [6, 6.07) is 19.5. The van der Waals surface area contributed by atoms with Gasteiger partial charge in [-0.05, 0) is 35.9 Å². The molecule has 4 aromatic rings. The lowest BCUT2D eigenvalue weighted by atomic mass is 10.1. The van der Waals surface area contributed by atoms with Crippen LogP contribution in [0.25, 0.3) is 27.9 Å². The Morgan fingerprint density at radius 1 is 1.00 bits per heavy atom. The average Bonchev–Trinajstić information content (AvgIpc) is 2.83. The van der Waals surface area contributed by atoms with E-state index < -0.39 is 5.82 Å². The maximum atomic E-state index is 13.1. The molecular weight excluding hydrogens is 405 g/mol. The standard InChI is InChI=1S/C25H20FN5O/c1-28-24(13-21(27)16-5-3-2-4-6-16)31-25(32)18-8-7-17-11-19(14-29-23(17)12-18)22-10-9-20(26)15-30-22/h2-15H,27H2,1H3,(H,28,31,32). The molecule has 0 aliphatic heterocycles. The van der Waals surface area contributed by atoms with E-state index in [1.165, 1.54) is 12.3 Å². The van der Waals surface area contributed by atoms with Crippen molar-refractivity contribution in [2.75, 3.05) is 7.05 Å². The minimum Gasteiger partial charge on any atom is -0.398 e. The van der Waals surface area contributed by atoms with Gasteiger partial charge >= 0.3 is 0 Å². The van der Waals surface area contributed by atoms with Crippen LogP contribution in [0.3, 0.4) is 0 Å². The number of nitrogens with one attached hydrogen (secondary N) is 1. The molecule has 32 heavy (non-hydrogen) atoms. The highest BCUT2D eigenvalue weighted by molar-refractivity contribution is 6.12. The molecule has 7 heteroatoms. The van der Waals surface area contributed by atoms with Gasteiger partial charge in [0.25, 0.3) is 5.91 Å². The second-order valence-electron chi connectivity index (χ2n) is 7.02. The number of amidine groups is 1. The smallest absolute Gasteiger partial charge is 0.256 e. The van der Waals surface area contributed by atoms with E-state index in [1.54, 1.807) is 43.6 Å². The zero-order valence-corrected chi connectivity index (χ0v) is 17.3. The normalized spacial score (nSPS) is 12.1. The molecule has 3 N–H and O–H groups in total. The number of nitrogens with two attached hydrogens (primary N) is 1. The molecule has 158 valence electrons. The molecule has 0 aliphatic rings. The van der Waals surface area contributed by atoms with Crippen LogP contribution in [0, 0.1) is 5.82 Å². The number of rotatable bonds is 4. The van der Waals surface area contributed by atoms with Gasteiger partial charge in [-0.2, -0.15) is 0 Å². The fraction of sp³-hybridized carbons (Fsp3) is 0.0400. The lowest BCUT2D eigenvalue weighted by Crippen LogP contribution is -2.29. The van der Waals surface area contributed by atoms with Gasteiger partial charge in [-0.25, -0.2) is 4.39 Å². The summed E-state index contributed by atoms with van der Waals surface area (Å²) in [6.45, 7) is 0. The highest BCUT2D eigenvalue weighted by atomic mass is 19.1. The highest BCUT2D eigenvalue weighted by Crippen LogP contribution is 2.22.